The highest BCUT2D eigenvalue weighted by atomic mass is 16.5. The van der Waals surface area contributed by atoms with E-state index in [1.165, 1.54) is 0 Å². The number of hydrogen-bond donors (Lipinski definition) is 1. The lowest BCUT2D eigenvalue weighted by Crippen LogP contribution is -2.08. The van der Waals surface area contributed by atoms with E-state index in [4.69, 9.17) is 4.74 Å². The molecule has 3 nitrogen and oxygen atoms in total. The van der Waals surface area contributed by atoms with Gasteiger partial charge < -0.3 is 10.1 Å². The summed E-state index contributed by atoms with van der Waals surface area (Å²) in [4.78, 5) is 4.50. The van der Waals surface area contributed by atoms with Crippen LogP contribution in [-0.4, -0.2) is 18.1 Å². The molecule has 1 N–H and O–H groups in total. The Hall–Kier alpha value is -2.03. The van der Waals surface area contributed by atoms with Crippen LogP contribution < -0.4 is 10.1 Å². The first-order valence-electron chi connectivity index (χ1n) is 7.18. The second-order valence-electron chi connectivity index (χ2n) is 4.75. The summed E-state index contributed by atoms with van der Waals surface area (Å²) in [5, 5.41) is 3.37. The van der Waals surface area contributed by atoms with E-state index in [0.29, 0.717) is 6.61 Å². The van der Waals surface area contributed by atoms with Crippen LogP contribution in [-0.2, 0) is 6.42 Å². The predicted octanol–water partition coefficient (Wildman–Crippen LogP) is 3.83. The number of rotatable bonds is 7. The van der Waals surface area contributed by atoms with Crippen LogP contribution >= 0.6 is 0 Å². The molecule has 0 radical (unpaired) electrons. The first-order valence-corrected chi connectivity index (χ1v) is 7.18. The van der Waals surface area contributed by atoms with E-state index in [1.807, 2.05) is 37.3 Å². The molecule has 0 unspecified atom stereocenters. The summed E-state index contributed by atoms with van der Waals surface area (Å²) in [6.07, 6.45) is 1.87. The van der Waals surface area contributed by atoms with E-state index in [2.05, 4.69) is 29.4 Å². The van der Waals surface area contributed by atoms with Crippen LogP contribution in [0.3, 0.4) is 0 Å². The Bertz CT molecular complexity index is 526. The van der Waals surface area contributed by atoms with Crippen molar-refractivity contribution in [1.82, 2.24) is 4.98 Å². The van der Waals surface area contributed by atoms with Crippen LogP contribution in [0.15, 0.2) is 42.5 Å². The number of para-hydroxylation sites is 1. The molecule has 0 atom stereocenters. The third-order valence-electron chi connectivity index (χ3n) is 3.09. The van der Waals surface area contributed by atoms with Crippen molar-refractivity contribution in [1.29, 1.82) is 0 Å². The van der Waals surface area contributed by atoms with E-state index in [9.17, 15) is 0 Å². The molecule has 1 heterocycles. The smallest absolute Gasteiger partial charge is 0.140 e. The molecule has 0 aliphatic rings. The molecule has 0 bridgehead atoms. The Kier molecular flexibility index (Phi) is 5.42. The summed E-state index contributed by atoms with van der Waals surface area (Å²) in [6, 6.07) is 14.2. The fourth-order valence-corrected chi connectivity index (χ4v) is 2.03. The summed E-state index contributed by atoms with van der Waals surface area (Å²) in [5.41, 5.74) is 3.24. The van der Waals surface area contributed by atoms with Gasteiger partial charge in [-0.2, -0.15) is 0 Å². The van der Waals surface area contributed by atoms with Crippen LogP contribution in [0.2, 0.25) is 0 Å². The van der Waals surface area contributed by atoms with Gasteiger partial charge in [0.05, 0.1) is 12.3 Å². The van der Waals surface area contributed by atoms with Gasteiger partial charge in [0.2, 0.25) is 0 Å². The average molecular weight is 270 g/mol. The van der Waals surface area contributed by atoms with Gasteiger partial charge in [-0.25, -0.2) is 0 Å². The van der Waals surface area contributed by atoms with Gasteiger partial charge in [0.25, 0.3) is 0 Å². The summed E-state index contributed by atoms with van der Waals surface area (Å²) in [5.74, 6) is 0.915. The Balaban J connectivity index is 1.73. The van der Waals surface area contributed by atoms with Crippen LogP contribution in [0.4, 0.5) is 5.69 Å². The Morgan fingerprint density at radius 1 is 1.10 bits per heavy atom. The number of hydrogen-bond acceptors (Lipinski definition) is 3. The molecule has 0 spiro atoms. The zero-order valence-electron chi connectivity index (χ0n) is 12.2. The maximum atomic E-state index is 5.82. The molecular weight excluding hydrogens is 248 g/mol. The number of benzene rings is 1. The van der Waals surface area contributed by atoms with Crippen molar-refractivity contribution in [2.24, 2.45) is 0 Å². The van der Waals surface area contributed by atoms with Crippen LogP contribution in [0.5, 0.6) is 5.75 Å². The SMILES string of the molecule is CCc1nc(C)ccc1OCCCNc1ccccc1. The number of aryl methyl sites for hydroxylation is 2. The van der Waals surface area contributed by atoms with Crippen molar-refractivity contribution < 1.29 is 4.74 Å². The lowest BCUT2D eigenvalue weighted by atomic mass is 10.2. The van der Waals surface area contributed by atoms with Gasteiger partial charge in [0.1, 0.15) is 5.75 Å². The molecule has 1 aromatic carbocycles. The largest absolute Gasteiger partial charge is 0.492 e. The number of pyridine rings is 1. The minimum atomic E-state index is 0.706. The molecule has 0 saturated heterocycles. The number of nitrogens with one attached hydrogen (secondary N) is 1. The standard InChI is InChI=1S/C17H22N2O/c1-3-16-17(11-10-14(2)19-16)20-13-7-12-18-15-8-5-4-6-9-15/h4-6,8-11,18H,3,7,12-13H2,1-2H3. The summed E-state index contributed by atoms with van der Waals surface area (Å²) in [7, 11) is 0. The lowest BCUT2D eigenvalue weighted by Gasteiger charge is -2.11. The fraction of sp³-hybridized carbons (Fsp3) is 0.353. The molecule has 0 aliphatic carbocycles. The third kappa shape index (κ3) is 4.26. The zero-order valence-corrected chi connectivity index (χ0v) is 12.2. The molecular formula is C17H22N2O. The van der Waals surface area contributed by atoms with Crippen molar-refractivity contribution in [3.05, 3.63) is 53.9 Å². The molecule has 3 heteroatoms. The summed E-state index contributed by atoms with van der Waals surface area (Å²) < 4.78 is 5.82. The van der Waals surface area contributed by atoms with E-state index >= 15 is 0 Å². The molecule has 2 rings (SSSR count). The number of anilines is 1. The fourth-order valence-electron chi connectivity index (χ4n) is 2.03. The number of aromatic nitrogens is 1. The normalized spacial score (nSPS) is 10.3. The highest BCUT2D eigenvalue weighted by Gasteiger charge is 2.03. The zero-order chi connectivity index (χ0) is 14.2. The van der Waals surface area contributed by atoms with Gasteiger partial charge in [-0.05, 0) is 44.0 Å². The monoisotopic (exact) mass is 270 g/mol. The average Bonchev–Trinajstić information content (AvgIpc) is 2.49. The lowest BCUT2D eigenvalue weighted by molar-refractivity contribution is 0.310. The van der Waals surface area contributed by atoms with Crippen molar-refractivity contribution in [3.8, 4) is 5.75 Å². The molecule has 1 aromatic heterocycles. The first-order chi connectivity index (χ1) is 9.79. The van der Waals surface area contributed by atoms with Gasteiger partial charge >= 0.3 is 0 Å². The predicted molar refractivity (Wildman–Crippen MR) is 83.4 cm³/mol. The second kappa shape index (κ2) is 7.53. The molecule has 2 aromatic rings. The molecule has 0 aliphatic heterocycles. The van der Waals surface area contributed by atoms with Gasteiger partial charge in [-0.15, -0.1) is 0 Å². The Labute approximate surface area is 121 Å². The van der Waals surface area contributed by atoms with Crippen molar-refractivity contribution in [2.45, 2.75) is 26.7 Å². The summed E-state index contributed by atoms with van der Waals surface area (Å²) in [6.45, 7) is 5.72. The highest BCUT2D eigenvalue weighted by Crippen LogP contribution is 2.17. The summed E-state index contributed by atoms with van der Waals surface area (Å²) >= 11 is 0. The van der Waals surface area contributed by atoms with E-state index in [1.54, 1.807) is 0 Å². The van der Waals surface area contributed by atoms with Gasteiger partial charge in [-0.3, -0.25) is 4.98 Å². The maximum Gasteiger partial charge on any atom is 0.140 e. The van der Waals surface area contributed by atoms with Gasteiger partial charge in [0, 0.05) is 17.9 Å². The van der Waals surface area contributed by atoms with E-state index in [0.717, 1.165) is 42.2 Å². The molecule has 106 valence electrons. The van der Waals surface area contributed by atoms with E-state index in [-0.39, 0.29) is 0 Å². The molecule has 20 heavy (non-hydrogen) atoms. The molecule has 0 amide bonds. The van der Waals surface area contributed by atoms with Crippen molar-refractivity contribution in [3.63, 3.8) is 0 Å². The van der Waals surface area contributed by atoms with Gasteiger partial charge in [0.15, 0.2) is 0 Å². The molecule has 0 fully saturated rings. The van der Waals surface area contributed by atoms with Crippen LogP contribution in [0.1, 0.15) is 24.7 Å². The number of nitrogens with zero attached hydrogens (tertiary/aromatic N) is 1. The minimum Gasteiger partial charge on any atom is -0.492 e. The topological polar surface area (TPSA) is 34.1 Å². The van der Waals surface area contributed by atoms with E-state index < -0.39 is 0 Å². The third-order valence-corrected chi connectivity index (χ3v) is 3.09. The first kappa shape index (κ1) is 14.4. The highest BCUT2D eigenvalue weighted by molar-refractivity contribution is 5.42. The quantitative estimate of drug-likeness (QED) is 0.776. The van der Waals surface area contributed by atoms with Crippen LogP contribution in [0, 0.1) is 6.92 Å². The Morgan fingerprint density at radius 2 is 1.90 bits per heavy atom. The maximum absolute atomic E-state index is 5.82. The second-order valence-corrected chi connectivity index (χ2v) is 4.75. The number of ether oxygens (including phenoxy) is 1. The van der Waals surface area contributed by atoms with Crippen LogP contribution in [0.25, 0.3) is 0 Å². The van der Waals surface area contributed by atoms with Gasteiger partial charge in [-0.1, -0.05) is 25.1 Å². The Morgan fingerprint density at radius 3 is 2.65 bits per heavy atom. The molecule has 0 saturated carbocycles. The van der Waals surface area contributed by atoms with Crippen molar-refractivity contribution in [2.75, 3.05) is 18.5 Å². The minimum absolute atomic E-state index is 0.706. The van der Waals surface area contributed by atoms with Crippen molar-refractivity contribution >= 4 is 5.69 Å².